The number of hydrogen-bond donors (Lipinski definition) is 2. The Kier molecular flexibility index (Phi) is 4.43. The molecule has 4 heterocycles. The van der Waals surface area contributed by atoms with Gasteiger partial charge in [0, 0.05) is 44.6 Å². The monoisotopic (exact) mass is 343 g/mol. The van der Waals surface area contributed by atoms with E-state index >= 15 is 0 Å². The van der Waals surface area contributed by atoms with Crippen molar-refractivity contribution in [3.63, 3.8) is 0 Å². The van der Waals surface area contributed by atoms with Crippen molar-refractivity contribution in [2.24, 2.45) is 11.8 Å². The number of carbonyl (C=O) groups excluding carboxylic acids is 2. The van der Waals surface area contributed by atoms with Crippen LogP contribution in [0.4, 0.5) is 0 Å². The molecule has 3 saturated heterocycles. The van der Waals surface area contributed by atoms with Gasteiger partial charge in [0.25, 0.3) is 0 Å². The first kappa shape index (κ1) is 16.5. The van der Waals surface area contributed by atoms with Crippen LogP contribution in [0.25, 0.3) is 0 Å². The molecule has 4 atom stereocenters. The molecule has 7 heteroatoms. The minimum atomic E-state index is -0.168. The first-order valence-corrected chi connectivity index (χ1v) is 9.09. The van der Waals surface area contributed by atoms with Gasteiger partial charge in [0.1, 0.15) is 6.04 Å². The summed E-state index contributed by atoms with van der Waals surface area (Å²) in [5, 5.41) is 0. The van der Waals surface area contributed by atoms with Crippen LogP contribution in [0.3, 0.4) is 0 Å². The van der Waals surface area contributed by atoms with E-state index < -0.39 is 0 Å². The number of amides is 2. The molecule has 0 radical (unpaired) electrons. The van der Waals surface area contributed by atoms with Crippen LogP contribution in [0.5, 0.6) is 0 Å². The number of nitrogens with one attached hydrogen (secondary N) is 2. The van der Waals surface area contributed by atoms with Crippen molar-refractivity contribution in [2.45, 2.75) is 38.4 Å². The van der Waals surface area contributed by atoms with Crippen molar-refractivity contribution < 1.29 is 9.59 Å². The second-order valence-corrected chi connectivity index (χ2v) is 7.49. The van der Waals surface area contributed by atoms with E-state index in [4.69, 9.17) is 0 Å². The number of piperidine rings is 1. The molecule has 0 spiro atoms. The van der Waals surface area contributed by atoms with Gasteiger partial charge in [-0.3, -0.25) is 20.0 Å². The number of hydrazine groups is 1. The van der Waals surface area contributed by atoms with Crippen molar-refractivity contribution in [2.75, 3.05) is 19.6 Å². The number of aromatic nitrogens is 1. The molecule has 1 aromatic rings. The standard InChI is InChI=1S/C18H25N5O2/c1-12-8-16(21-20-12)18(25)23-10-14-4-7-22(17(24)15(14)11-23)9-13-2-5-19-6-3-13/h2-3,5-6,12,14-16,20-21H,4,7-11H2,1H3. The minimum Gasteiger partial charge on any atom is -0.340 e. The maximum atomic E-state index is 12.9. The molecule has 4 rings (SSSR count). The number of carbonyl (C=O) groups is 2. The molecule has 0 aromatic carbocycles. The predicted octanol–water partition coefficient (Wildman–Crippen LogP) is 0.144. The summed E-state index contributed by atoms with van der Waals surface area (Å²) in [4.78, 5) is 33.5. The Morgan fingerprint density at radius 1 is 1.28 bits per heavy atom. The summed E-state index contributed by atoms with van der Waals surface area (Å²) in [7, 11) is 0. The van der Waals surface area contributed by atoms with Crippen LogP contribution >= 0.6 is 0 Å². The van der Waals surface area contributed by atoms with Gasteiger partial charge >= 0.3 is 0 Å². The highest BCUT2D eigenvalue weighted by molar-refractivity contribution is 5.85. The lowest BCUT2D eigenvalue weighted by Gasteiger charge is -2.33. The maximum Gasteiger partial charge on any atom is 0.241 e. The molecule has 25 heavy (non-hydrogen) atoms. The first-order valence-electron chi connectivity index (χ1n) is 9.09. The molecule has 0 bridgehead atoms. The lowest BCUT2D eigenvalue weighted by molar-refractivity contribution is -0.140. The van der Waals surface area contributed by atoms with Gasteiger partial charge in [-0.05, 0) is 43.4 Å². The van der Waals surface area contributed by atoms with Gasteiger partial charge in [-0.2, -0.15) is 0 Å². The molecule has 3 aliphatic rings. The predicted molar refractivity (Wildman–Crippen MR) is 92.0 cm³/mol. The van der Waals surface area contributed by atoms with Crippen LogP contribution in [0.2, 0.25) is 0 Å². The number of pyridine rings is 1. The van der Waals surface area contributed by atoms with Gasteiger partial charge in [-0.1, -0.05) is 0 Å². The number of nitrogens with zero attached hydrogens (tertiary/aromatic N) is 3. The average Bonchev–Trinajstić information content (AvgIpc) is 3.24. The largest absolute Gasteiger partial charge is 0.340 e. The van der Waals surface area contributed by atoms with Crippen molar-refractivity contribution in [3.05, 3.63) is 30.1 Å². The highest BCUT2D eigenvalue weighted by atomic mass is 16.2. The van der Waals surface area contributed by atoms with Crippen molar-refractivity contribution in [3.8, 4) is 0 Å². The summed E-state index contributed by atoms with van der Waals surface area (Å²) < 4.78 is 0. The van der Waals surface area contributed by atoms with Gasteiger partial charge < -0.3 is 9.80 Å². The normalized spacial score (nSPS) is 32.1. The zero-order chi connectivity index (χ0) is 17.4. The molecule has 2 amide bonds. The number of fused-ring (bicyclic) bond motifs is 1. The Balaban J connectivity index is 1.39. The molecule has 134 valence electrons. The van der Waals surface area contributed by atoms with Crippen LogP contribution < -0.4 is 10.9 Å². The first-order chi connectivity index (χ1) is 12.1. The third-order valence-electron chi connectivity index (χ3n) is 5.67. The second-order valence-electron chi connectivity index (χ2n) is 7.49. The summed E-state index contributed by atoms with van der Waals surface area (Å²) in [6.45, 7) is 4.73. The van der Waals surface area contributed by atoms with E-state index in [-0.39, 0.29) is 23.8 Å². The Hall–Kier alpha value is -1.99. The second kappa shape index (κ2) is 6.72. The minimum absolute atomic E-state index is 0.0497. The van der Waals surface area contributed by atoms with E-state index in [0.717, 1.165) is 24.9 Å². The van der Waals surface area contributed by atoms with Crippen LogP contribution in [0.1, 0.15) is 25.3 Å². The Morgan fingerprint density at radius 3 is 2.80 bits per heavy atom. The Morgan fingerprint density at radius 2 is 2.08 bits per heavy atom. The van der Waals surface area contributed by atoms with Gasteiger partial charge in [-0.25, -0.2) is 5.43 Å². The third kappa shape index (κ3) is 3.26. The van der Waals surface area contributed by atoms with Crippen molar-refractivity contribution in [1.82, 2.24) is 25.6 Å². The number of rotatable bonds is 3. The molecule has 0 aliphatic carbocycles. The van der Waals surface area contributed by atoms with Crippen LogP contribution in [-0.2, 0) is 16.1 Å². The Bertz CT molecular complexity index is 652. The summed E-state index contributed by atoms with van der Waals surface area (Å²) in [6.07, 6.45) is 5.28. The van der Waals surface area contributed by atoms with Crippen molar-refractivity contribution >= 4 is 11.8 Å². The molecule has 7 nitrogen and oxygen atoms in total. The summed E-state index contributed by atoms with van der Waals surface area (Å²) >= 11 is 0. The molecular formula is C18H25N5O2. The smallest absolute Gasteiger partial charge is 0.241 e. The summed E-state index contributed by atoms with van der Waals surface area (Å²) in [5.41, 5.74) is 7.28. The van der Waals surface area contributed by atoms with Gasteiger partial charge in [0.15, 0.2) is 0 Å². The SMILES string of the molecule is CC1CC(C(=O)N2CC3CCN(Cc4ccncc4)C(=O)C3C2)NN1. The molecule has 4 unspecified atom stereocenters. The molecule has 0 saturated carbocycles. The third-order valence-corrected chi connectivity index (χ3v) is 5.67. The zero-order valence-electron chi connectivity index (χ0n) is 14.5. The summed E-state index contributed by atoms with van der Waals surface area (Å²) in [5.74, 6) is 0.567. The number of likely N-dealkylation sites (tertiary alicyclic amines) is 2. The van der Waals surface area contributed by atoms with E-state index in [2.05, 4.69) is 22.8 Å². The van der Waals surface area contributed by atoms with E-state index in [0.29, 0.717) is 31.6 Å². The molecule has 3 aliphatic heterocycles. The number of hydrogen-bond acceptors (Lipinski definition) is 5. The van der Waals surface area contributed by atoms with E-state index in [1.807, 2.05) is 21.9 Å². The molecule has 1 aromatic heterocycles. The van der Waals surface area contributed by atoms with Gasteiger partial charge in [-0.15, -0.1) is 0 Å². The van der Waals surface area contributed by atoms with Gasteiger partial charge in [0.05, 0.1) is 5.92 Å². The maximum absolute atomic E-state index is 12.9. The summed E-state index contributed by atoms with van der Waals surface area (Å²) in [6, 6.07) is 4.03. The fourth-order valence-electron chi connectivity index (χ4n) is 4.25. The van der Waals surface area contributed by atoms with Crippen LogP contribution in [0, 0.1) is 11.8 Å². The lowest BCUT2D eigenvalue weighted by atomic mass is 9.88. The van der Waals surface area contributed by atoms with E-state index in [1.54, 1.807) is 12.4 Å². The molecule has 2 N–H and O–H groups in total. The van der Waals surface area contributed by atoms with E-state index in [9.17, 15) is 9.59 Å². The molecule has 3 fully saturated rings. The molecular weight excluding hydrogens is 318 g/mol. The topological polar surface area (TPSA) is 77.6 Å². The zero-order valence-corrected chi connectivity index (χ0v) is 14.5. The fraction of sp³-hybridized carbons (Fsp3) is 0.611. The van der Waals surface area contributed by atoms with E-state index in [1.165, 1.54) is 0 Å². The quantitative estimate of drug-likeness (QED) is 0.817. The highest BCUT2D eigenvalue weighted by Gasteiger charge is 2.45. The average molecular weight is 343 g/mol. The Labute approximate surface area is 147 Å². The van der Waals surface area contributed by atoms with Crippen LogP contribution in [0.15, 0.2) is 24.5 Å². The van der Waals surface area contributed by atoms with Crippen LogP contribution in [-0.4, -0.2) is 58.3 Å². The highest BCUT2D eigenvalue weighted by Crippen LogP contribution is 2.33. The fourth-order valence-corrected chi connectivity index (χ4v) is 4.25. The van der Waals surface area contributed by atoms with Crippen molar-refractivity contribution in [1.29, 1.82) is 0 Å². The lowest BCUT2D eigenvalue weighted by Crippen LogP contribution is -2.46. The van der Waals surface area contributed by atoms with Gasteiger partial charge in [0.2, 0.25) is 11.8 Å².